The number of rotatable bonds is 5. The third-order valence-electron chi connectivity index (χ3n) is 5.89. The number of amides is 1. The first kappa shape index (κ1) is 20.1. The second-order valence-electron chi connectivity index (χ2n) is 7.49. The van der Waals surface area contributed by atoms with Gasteiger partial charge in [0.2, 0.25) is 15.9 Å². The van der Waals surface area contributed by atoms with Crippen LogP contribution < -0.4 is 5.32 Å². The first-order valence-electron chi connectivity index (χ1n) is 8.99. The normalized spacial score (nSPS) is 26.4. The molecule has 1 N–H and O–H groups in total. The lowest BCUT2D eigenvalue weighted by Crippen LogP contribution is -2.44. The molecule has 3 heterocycles. The van der Waals surface area contributed by atoms with Crippen LogP contribution in [-0.2, 0) is 21.4 Å². The van der Waals surface area contributed by atoms with Gasteiger partial charge in [0.15, 0.2) is 0 Å². The van der Waals surface area contributed by atoms with Crippen molar-refractivity contribution in [3.8, 4) is 0 Å². The van der Waals surface area contributed by atoms with Crippen LogP contribution in [-0.4, -0.2) is 61.5 Å². The predicted molar refractivity (Wildman–Crippen MR) is 105 cm³/mol. The smallest absolute Gasteiger partial charge is 0.238 e. The van der Waals surface area contributed by atoms with E-state index in [1.54, 1.807) is 11.3 Å². The van der Waals surface area contributed by atoms with Gasteiger partial charge in [0.05, 0.1) is 12.3 Å². The van der Waals surface area contributed by atoms with Gasteiger partial charge in [-0.15, -0.1) is 12.4 Å². The van der Waals surface area contributed by atoms with Crippen molar-refractivity contribution in [2.45, 2.75) is 38.3 Å². The van der Waals surface area contributed by atoms with E-state index in [2.05, 4.69) is 16.8 Å². The Labute approximate surface area is 165 Å². The minimum absolute atomic E-state index is 0. The molecule has 1 spiro atoms. The molecule has 26 heavy (non-hydrogen) atoms. The van der Waals surface area contributed by atoms with Gasteiger partial charge in [0.25, 0.3) is 0 Å². The van der Waals surface area contributed by atoms with Gasteiger partial charge in [0, 0.05) is 19.1 Å². The van der Waals surface area contributed by atoms with E-state index in [9.17, 15) is 13.2 Å². The monoisotopic (exact) mass is 419 g/mol. The van der Waals surface area contributed by atoms with Crippen molar-refractivity contribution < 1.29 is 13.2 Å². The van der Waals surface area contributed by atoms with Crippen molar-refractivity contribution in [1.29, 1.82) is 0 Å². The fourth-order valence-corrected chi connectivity index (χ4v) is 6.42. The number of halogens is 1. The Balaban J connectivity index is 0.00000196. The number of nitrogens with zero attached hydrogens (tertiary/aromatic N) is 2. The van der Waals surface area contributed by atoms with Crippen LogP contribution in [0.1, 0.15) is 31.2 Å². The van der Waals surface area contributed by atoms with Crippen LogP contribution >= 0.6 is 23.7 Å². The average Bonchev–Trinajstić information content (AvgIpc) is 2.93. The first-order chi connectivity index (χ1) is 12.0. The second kappa shape index (κ2) is 7.75. The summed E-state index contributed by atoms with van der Waals surface area (Å²) in [6.45, 7) is 3.09. The van der Waals surface area contributed by atoms with Gasteiger partial charge in [-0.05, 0) is 66.6 Å². The highest BCUT2D eigenvalue weighted by Crippen LogP contribution is 2.56. The SMILES string of the molecule is Cl.O=C(CN1CCCS1(=O)=O)N(Cc1ccsc1)C1CC12CCNCC2. The lowest BCUT2D eigenvalue weighted by molar-refractivity contribution is -0.133. The Kier molecular flexibility index (Phi) is 5.99. The number of sulfonamides is 1. The van der Waals surface area contributed by atoms with Crippen molar-refractivity contribution in [3.05, 3.63) is 22.4 Å². The number of carbonyl (C=O) groups excluding carboxylic acids is 1. The Morgan fingerprint density at radius 3 is 2.77 bits per heavy atom. The van der Waals surface area contributed by atoms with Crippen molar-refractivity contribution in [2.24, 2.45) is 5.41 Å². The van der Waals surface area contributed by atoms with Crippen LogP contribution in [0.3, 0.4) is 0 Å². The van der Waals surface area contributed by atoms with Crippen molar-refractivity contribution in [3.63, 3.8) is 0 Å². The fourth-order valence-electron chi connectivity index (χ4n) is 4.29. The molecule has 1 saturated carbocycles. The molecule has 3 fully saturated rings. The molecule has 1 aromatic heterocycles. The molecular formula is C17H26ClN3O3S2. The van der Waals surface area contributed by atoms with Gasteiger partial charge in [0.1, 0.15) is 0 Å². The molecule has 4 rings (SSSR count). The molecule has 2 aliphatic heterocycles. The van der Waals surface area contributed by atoms with Crippen LogP contribution in [0.5, 0.6) is 0 Å². The molecule has 3 aliphatic rings. The molecule has 0 bridgehead atoms. The summed E-state index contributed by atoms with van der Waals surface area (Å²) < 4.78 is 25.5. The Morgan fingerprint density at radius 2 is 2.15 bits per heavy atom. The Hall–Kier alpha value is -0.670. The van der Waals surface area contributed by atoms with Crippen LogP contribution in [0.2, 0.25) is 0 Å². The van der Waals surface area contributed by atoms with Gasteiger partial charge >= 0.3 is 0 Å². The fraction of sp³-hybridized carbons (Fsp3) is 0.706. The van der Waals surface area contributed by atoms with E-state index in [1.165, 1.54) is 4.31 Å². The summed E-state index contributed by atoms with van der Waals surface area (Å²) >= 11 is 1.63. The molecule has 2 saturated heterocycles. The van der Waals surface area contributed by atoms with E-state index in [4.69, 9.17) is 0 Å². The Morgan fingerprint density at radius 1 is 1.38 bits per heavy atom. The molecule has 146 valence electrons. The number of carbonyl (C=O) groups is 1. The molecule has 0 radical (unpaired) electrons. The maximum atomic E-state index is 13.0. The zero-order valence-corrected chi connectivity index (χ0v) is 17.2. The largest absolute Gasteiger partial charge is 0.334 e. The molecule has 1 unspecified atom stereocenters. The summed E-state index contributed by atoms with van der Waals surface area (Å²) in [5.41, 5.74) is 1.39. The van der Waals surface area contributed by atoms with E-state index in [1.807, 2.05) is 10.3 Å². The molecule has 1 aromatic rings. The van der Waals surface area contributed by atoms with E-state index < -0.39 is 10.0 Å². The summed E-state index contributed by atoms with van der Waals surface area (Å²) in [7, 11) is -3.24. The topological polar surface area (TPSA) is 69.7 Å². The van der Waals surface area contributed by atoms with Crippen molar-refractivity contribution >= 4 is 39.7 Å². The highest BCUT2D eigenvalue weighted by molar-refractivity contribution is 7.89. The zero-order chi connectivity index (χ0) is 17.5. The van der Waals surface area contributed by atoms with Crippen LogP contribution in [0.15, 0.2) is 16.8 Å². The van der Waals surface area contributed by atoms with Crippen molar-refractivity contribution in [1.82, 2.24) is 14.5 Å². The van der Waals surface area contributed by atoms with Gasteiger partial charge in [-0.2, -0.15) is 15.6 Å². The van der Waals surface area contributed by atoms with Crippen molar-refractivity contribution in [2.75, 3.05) is 31.9 Å². The lowest BCUT2D eigenvalue weighted by Gasteiger charge is -2.30. The molecule has 0 aromatic carbocycles. The zero-order valence-electron chi connectivity index (χ0n) is 14.7. The standard InChI is InChI=1S/C17H25N3O3S2.ClH/c21-16(12-19-7-1-9-25(19,22)23)20(11-14-2-8-24-13-14)15-10-17(15)3-5-18-6-4-17;/h2,8,13,15,18H,1,3-7,9-12H2;1H. The number of piperidine rings is 1. The van der Waals surface area contributed by atoms with Gasteiger partial charge in [-0.3, -0.25) is 4.79 Å². The quantitative estimate of drug-likeness (QED) is 0.788. The van der Waals surface area contributed by atoms with Gasteiger partial charge < -0.3 is 10.2 Å². The summed E-state index contributed by atoms with van der Waals surface area (Å²) in [6, 6.07) is 2.31. The van der Waals surface area contributed by atoms with E-state index in [-0.39, 0.29) is 42.1 Å². The first-order valence-corrected chi connectivity index (χ1v) is 11.5. The van der Waals surface area contributed by atoms with Crippen LogP contribution in [0.4, 0.5) is 0 Å². The molecular weight excluding hydrogens is 394 g/mol. The van der Waals surface area contributed by atoms with Crippen LogP contribution in [0, 0.1) is 5.41 Å². The number of hydrogen-bond donors (Lipinski definition) is 1. The number of hydrogen-bond acceptors (Lipinski definition) is 5. The molecule has 6 nitrogen and oxygen atoms in total. The average molecular weight is 420 g/mol. The highest BCUT2D eigenvalue weighted by atomic mass is 35.5. The maximum absolute atomic E-state index is 13.0. The van der Waals surface area contributed by atoms with E-state index in [0.717, 1.165) is 37.9 Å². The number of thiophene rings is 1. The minimum atomic E-state index is -3.24. The Bertz CT molecular complexity index is 732. The summed E-state index contributed by atoms with van der Waals surface area (Å²) in [5.74, 6) is 0.126. The third kappa shape index (κ3) is 3.94. The van der Waals surface area contributed by atoms with E-state index in [0.29, 0.717) is 19.5 Å². The van der Waals surface area contributed by atoms with Gasteiger partial charge in [-0.1, -0.05) is 0 Å². The molecule has 9 heteroatoms. The molecule has 1 atom stereocenters. The molecule has 1 amide bonds. The van der Waals surface area contributed by atoms with Gasteiger partial charge in [-0.25, -0.2) is 8.42 Å². The molecule has 1 aliphatic carbocycles. The van der Waals surface area contributed by atoms with Crippen LogP contribution in [0.25, 0.3) is 0 Å². The van der Waals surface area contributed by atoms with E-state index >= 15 is 0 Å². The lowest BCUT2D eigenvalue weighted by atomic mass is 9.93. The number of nitrogens with one attached hydrogen (secondary N) is 1. The maximum Gasteiger partial charge on any atom is 0.238 e. The highest BCUT2D eigenvalue weighted by Gasteiger charge is 2.57. The predicted octanol–water partition coefficient (Wildman–Crippen LogP) is 1.68. The minimum Gasteiger partial charge on any atom is -0.334 e. The summed E-state index contributed by atoms with van der Waals surface area (Å²) in [5, 5.41) is 7.49. The third-order valence-corrected chi connectivity index (χ3v) is 8.53. The second-order valence-corrected chi connectivity index (χ2v) is 10.4. The summed E-state index contributed by atoms with van der Waals surface area (Å²) in [6.07, 6.45) is 3.89. The summed E-state index contributed by atoms with van der Waals surface area (Å²) in [4.78, 5) is 15.0.